The van der Waals surface area contributed by atoms with Gasteiger partial charge in [-0.3, -0.25) is 10.1 Å². The summed E-state index contributed by atoms with van der Waals surface area (Å²) in [5, 5.41) is 23.8. The van der Waals surface area contributed by atoms with Gasteiger partial charge in [0.1, 0.15) is 5.75 Å². The summed E-state index contributed by atoms with van der Waals surface area (Å²) >= 11 is 0. The fourth-order valence-electron chi connectivity index (χ4n) is 2.26. The van der Waals surface area contributed by atoms with Crippen LogP contribution in [-0.2, 0) is 6.54 Å². The SMILES string of the molecule is Cc1ccc([N+](=O)[O-])cc1NCc1cc(C)c(O)c(C)c1. The summed E-state index contributed by atoms with van der Waals surface area (Å²) in [6, 6.07) is 8.57. The normalized spacial score (nSPS) is 10.4. The molecule has 0 spiro atoms. The largest absolute Gasteiger partial charge is 0.507 e. The lowest BCUT2D eigenvalue weighted by Gasteiger charge is -2.12. The Balaban J connectivity index is 2.20. The number of phenols is 1. The van der Waals surface area contributed by atoms with E-state index in [1.54, 1.807) is 6.07 Å². The second kappa shape index (κ2) is 5.83. The highest BCUT2D eigenvalue weighted by molar-refractivity contribution is 5.57. The Labute approximate surface area is 123 Å². The fraction of sp³-hybridized carbons (Fsp3) is 0.250. The van der Waals surface area contributed by atoms with Crippen LogP contribution < -0.4 is 5.32 Å². The van der Waals surface area contributed by atoms with E-state index >= 15 is 0 Å². The third kappa shape index (κ3) is 3.31. The van der Waals surface area contributed by atoms with E-state index in [0.29, 0.717) is 12.3 Å². The van der Waals surface area contributed by atoms with Gasteiger partial charge in [0.2, 0.25) is 0 Å². The molecule has 110 valence electrons. The van der Waals surface area contributed by atoms with Gasteiger partial charge in [-0.05, 0) is 43.0 Å². The molecule has 0 bridgehead atoms. The van der Waals surface area contributed by atoms with Gasteiger partial charge < -0.3 is 10.4 Å². The summed E-state index contributed by atoms with van der Waals surface area (Å²) < 4.78 is 0. The molecule has 0 saturated heterocycles. The van der Waals surface area contributed by atoms with Crippen LogP contribution in [0.5, 0.6) is 5.75 Å². The van der Waals surface area contributed by atoms with E-state index < -0.39 is 4.92 Å². The van der Waals surface area contributed by atoms with Crippen LogP contribution in [0.25, 0.3) is 0 Å². The third-order valence-corrected chi connectivity index (χ3v) is 3.47. The molecule has 0 atom stereocenters. The van der Waals surface area contributed by atoms with Crippen molar-refractivity contribution in [1.29, 1.82) is 0 Å². The summed E-state index contributed by atoms with van der Waals surface area (Å²) in [6.45, 7) is 6.15. The lowest BCUT2D eigenvalue weighted by molar-refractivity contribution is -0.384. The number of anilines is 1. The molecule has 5 nitrogen and oxygen atoms in total. The Morgan fingerprint density at radius 3 is 2.29 bits per heavy atom. The van der Waals surface area contributed by atoms with Gasteiger partial charge in [-0.15, -0.1) is 0 Å². The van der Waals surface area contributed by atoms with Crippen LogP contribution in [0, 0.1) is 30.9 Å². The molecular weight excluding hydrogens is 268 g/mol. The number of nitrogens with one attached hydrogen (secondary N) is 1. The van der Waals surface area contributed by atoms with Crippen LogP contribution in [0.4, 0.5) is 11.4 Å². The summed E-state index contributed by atoms with van der Waals surface area (Å²) in [5.74, 6) is 0.310. The van der Waals surface area contributed by atoms with Gasteiger partial charge in [-0.1, -0.05) is 18.2 Å². The average Bonchev–Trinajstić information content (AvgIpc) is 2.43. The van der Waals surface area contributed by atoms with Crippen LogP contribution in [0.15, 0.2) is 30.3 Å². The second-order valence-electron chi connectivity index (χ2n) is 5.19. The second-order valence-corrected chi connectivity index (χ2v) is 5.19. The predicted octanol–water partition coefficient (Wildman–Crippen LogP) is 3.84. The number of non-ortho nitro benzene ring substituents is 1. The molecule has 0 radical (unpaired) electrons. The quantitative estimate of drug-likeness (QED) is 0.661. The highest BCUT2D eigenvalue weighted by Gasteiger charge is 2.09. The Bertz CT molecular complexity index is 673. The molecule has 0 heterocycles. The molecule has 2 N–H and O–H groups in total. The summed E-state index contributed by atoms with van der Waals surface area (Å²) in [7, 11) is 0. The van der Waals surface area contributed by atoms with Gasteiger partial charge in [-0.25, -0.2) is 0 Å². The maximum atomic E-state index is 10.8. The fourth-order valence-corrected chi connectivity index (χ4v) is 2.26. The predicted molar refractivity (Wildman–Crippen MR) is 82.7 cm³/mol. The molecule has 2 rings (SSSR count). The standard InChI is InChI=1S/C16H18N2O3/c1-10-4-5-14(18(20)21)8-15(10)17-9-13-6-11(2)16(19)12(3)7-13/h4-8,17,19H,9H2,1-3H3. The smallest absolute Gasteiger partial charge is 0.271 e. The zero-order valence-corrected chi connectivity index (χ0v) is 12.3. The number of aromatic hydroxyl groups is 1. The number of hydrogen-bond donors (Lipinski definition) is 2. The van der Waals surface area contributed by atoms with Gasteiger partial charge in [-0.2, -0.15) is 0 Å². The van der Waals surface area contributed by atoms with Gasteiger partial charge in [0.05, 0.1) is 4.92 Å². The maximum Gasteiger partial charge on any atom is 0.271 e. The lowest BCUT2D eigenvalue weighted by Crippen LogP contribution is -2.02. The van der Waals surface area contributed by atoms with Crippen LogP contribution in [0.1, 0.15) is 22.3 Å². The van der Waals surface area contributed by atoms with Crippen molar-refractivity contribution >= 4 is 11.4 Å². The number of nitro groups is 1. The van der Waals surface area contributed by atoms with Crippen LogP contribution in [0.2, 0.25) is 0 Å². The zero-order chi connectivity index (χ0) is 15.6. The number of aryl methyl sites for hydroxylation is 3. The van der Waals surface area contributed by atoms with E-state index in [-0.39, 0.29) is 5.69 Å². The monoisotopic (exact) mass is 286 g/mol. The Hall–Kier alpha value is -2.56. The number of nitrogens with zero attached hydrogens (tertiary/aromatic N) is 1. The molecule has 0 unspecified atom stereocenters. The van der Waals surface area contributed by atoms with Gasteiger partial charge >= 0.3 is 0 Å². The minimum absolute atomic E-state index is 0.0705. The minimum atomic E-state index is -0.403. The van der Waals surface area contributed by atoms with E-state index in [1.807, 2.05) is 32.9 Å². The van der Waals surface area contributed by atoms with Crippen molar-refractivity contribution in [2.45, 2.75) is 27.3 Å². The van der Waals surface area contributed by atoms with Crippen molar-refractivity contribution in [2.24, 2.45) is 0 Å². The number of nitro benzene ring substituents is 1. The van der Waals surface area contributed by atoms with E-state index in [0.717, 1.165) is 27.9 Å². The van der Waals surface area contributed by atoms with Gasteiger partial charge in [0, 0.05) is 24.4 Å². The van der Waals surface area contributed by atoms with Gasteiger partial charge in [0.25, 0.3) is 5.69 Å². The van der Waals surface area contributed by atoms with E-state index in [9.17, 15) is 15.2 Å². The molecular formula is C16H18N2O3. The van der Waals surface area contributed by atoms with Crippen LogP contribution in [-0.4, -0.2) is 10.0 Å². The maximum absolute atomic E-state index is 10.8. The van der Waals surface area contributed by atoms with Crippen molar-refractivity contribution in [3.05, 3.63) is 62.7 Å². The van der Waals surface area contributed by atoms with Gasteiger partial charge in [0.15, 0.2) is 0 Å². The van der Waals surface area contributed by atoms with Crippen molar-refractivity contribution in [3.63, 3.8) is 0 Å². The van der Waals surface area contributed by atoms with Crippen molar-refractivity contribution in [2.75, 3.05) is 5.32 Å². The number of hydrogen-bond acceptors (Lipinski definition) is 4. The number of phenolic OH excluding ortho intramolecular Hbond substituents is 1. The molecule has 2 aromatic carbocycles. The molecule has 5 heteroatoms. The molecule has 0 saturated carbocycles. The molecule has 0 fully saturated rings. The Morgan fingerprint density at radius 1 is 1.10 bits per heavy atom. The first-order chi connectivity index (χ1) is 9.88. The molecule has 0 aliphatic carbocycles. The molecule has 21 heavy (non-hydrogen) atoms. The highest BCUT2D eigenvalue weighted by atomic mass is 16.6. The minimum Gasteiger partial charge on any atom is -0.507 e. The summed E-state index contributed by atoms with van der Waals surface area (Å²) in [6.07, 6.45) is 0. The Morgan fingerprint density at radius 2 is 1.71 bits per heavy atom. The lowest BCUT2D eigenvalue weighted by atomic mass is 10.1. The topological polar surface area (TPSA) is 75.4 Å². The molecule has 0 aliphatic rings. The van der Waals surface area contributed by atoms with Crippen molar-refractivity contribution < 1.29 is 10.0 Å². The van der Waals surface area contributed by atoms with E-state index in [1.165, 1.54) is 12.1 Å². The highest BCUT2D eigenvalue weighted by Crippen LogP contribution is 2.25. The first-order valence-electron chi connectivity index (χ1n) is 6.66. The average molecular weight is 286 g/mol. The van der Waals surface area contributed by atoms with E-state index in [4.69, 9.17) is 0 Å². The first kappa shape index (κ1) is 14.8. The molecule has 0 aromatic heterocycles. The van der Waals surface area contributed by atoms with Crippen molar-refractivity contribution in [1.82, 2.24) is 0 Å². The first-order valence-corrected chi connectivity index (χ1v) is 6.66. The Kier molecular flexibility index (Phi) is 4.12. The van der Waals surface area contributed by atoms with E-state index in [2.05, 4.69) is 5.32 Å². The molecule has 0 amide bonds. The third-order valence-electron chi connectivity index (χ3n) is 3.47. The summed E-state index contributed by atoms with van der Waals surface area (Å²) in [4.78, 5) is 10.4. The van der Waals surface area contributed by atoms with Crippen LogP contribution >= 0.6 is 0 Å². The van der Waals surface area contributed by atoms with Crippen LogP contribution in [0.3, 0.4) is 0 Å². The summed E-state index contributed by atoms with van der Waals surface area (Å²) in [5.41, 5.74) is 4.43. The molecule has 0 aliphatic heterocycles. The number of rotatable bonds is 4. The van der Waals surface area contributed by atoms with Crippen molar-refractivity contribution in [3.8, 4) is 5.75 Å². The molecule has 2 aromatic rings. The number of benzene rings is 2. The zero-order valence-electron chi connectivity index (χ0n) is 12.3.